The molecule has 5 rings (SSSR count). The van der Waals surface area contributed by atoms with Gasteiger partial charge in [0.2, 0.25) is 0 Å². The van der Waals surface area contributed by atoms with E-state index in [0.29, 0.717) is 36.5 Å². The van der Waals surface area contributed by atoms with Crippen molar-refractivity contribution in [1.29, 1.82) is 0 Å². The summed E-state index contributed by atoms with van der Waals surface area (Å²) in [5, 5.41) is 4.70. The number of carbonyl (C=O) groups is 1. The summed E-state index contributed by atoms with van der Waals surface area (Å²) in [6.45, 7) is 4.23. The molecule has 1 aromatic heterocycles. The lowest BCUT2D eigenvalue weighted by molar-refractivity contribution is 0.0621. The summed E-state index contributed by atoms with van der Waals surface area (Å²) in [5.74, 6) is 0.480. The molecular formula is C28H27FN4O2. The maximum Gasteiger partial charge on any atom is 0.257 e. The largest absolute Gasteiger partial charge is 0.492 e. The van der Waals surface area contributed by atoms with Gasteiger partial charge in [0.25, 0.3) is 5.91 Å². The van der Waals surface area contributed by atoms with Gasteiger partial charge in [-0.05, 0) is 48.5 Å². The van der Waals surface area contributed by atoms with Crippen LogP contribution in [-0.4, -0.2) is 64.8 Å². The van der Waals surface area contributed by atoms with E-state index in [0.717, 1.165) is 31.1 Å². The number of hydrogen-bond donors (Lipinski definition) is 0. The summed E-state index contributed by atoms with van der Waals surface area (Å²) in [5.41, 5.74) is 2.64. The highest BCUT2D eigenvalue weighted by Crippen LogP contribution is 2.26. The molecule has 1 fully saturated rings. The van der Waals surface area contributed by atoms with Gasteiger partial charge in [-0.1, -0.05) is 36.4 Å². The zero-order chi connectivity index (χ0) is 24.0. The van der Waals surface area contributed by atoms with Crippen LogP contribution in [0.3, 0.4) is 0 Å². The van der Waals surface area contributed by atoms with Gasteiger partial charge in [0.15, 0.2) is 0 Å². The summed E-state index contributed by atoms with van der Waals surface area (Å²) in [6.07, 6.45) is 1.77. The molecule has 0 spiro atoms. The van der Waals surface area contributed by atoms with E-state index in [2.05, 4.69) is 4.90 Å². The van der Waals surface area contributed by atoms with Crippen LogP contribution in [0.5, 0.6) is 5.75 Å². The van der Waals surface area contributed by atoms with E-state index in [9.17, 15) is 9.18 Å². The number of aromatic nitrogens is 2. The number of amides is 1. The monoisotopic (exact) mass is 470 g/mol. The van der Waals surface area contributed by atoms with Crippen LogP contribution in [0.15, 0.2) is 91.1 Å². The van der Waals surface area contributed by atoms with Gasteiger partial charge in [-0.15, -0.1) is 0 Å². The van der Waals surface area contributed by atoms with Crippen LogP contribution in [0.2, 0.25) is 0 Å². The molecule has 4 aromatic rings. The number of hydrogen-bond acceptors (Lipinski definition) is 4. The third-order valence-corrected chi connectivity index (χ3v) is 6.16. The quantitative estimate of drug-likeness (QED) is 0.399. The number of para-hydroxylation sites is 2. The molecule has 0 radical (unpaired) electrons. The van der Waals surface area contributed by atoms with Crippen LogP contribution in [0.1, 0.15) is 10.4 Å². The Hall–Kier alpha value is -3.97. The van der Waals surface area contributed by atoms with Crippen LogP contribution in [-0.2, 0) is 0 Å². The molecule has 2 heterocycles. The molecule has 0 atom stereocenters. The molecule has 178 valence electrons. The zero-order valence-corrected chi connectivity index (χ0v) is 19.4. The minimum atomic E-state index is -0.323. The van der Waals surface area contributed by atoms with E-state index in [1.165, 1.54) is 12.1 Å². The van der Waals surface area contributed by atoms with Crippen molar-refractivity contribution in [3.63, 3.8) is 0 Å². The van der Waals surface area contributed by atoms with Crippen molar-refractivity contribution in [3.05, 3.63) is 103 Å². The number of carbonyl (C=O) groups excluding carboxylic acids is 1. The number of ether oxygens (including phenoxy) is 1. The second-order valence-electron chi connectivity index (χ2n) is 8.47. The molecule has 35 heavy (non-hydrogen) atoms. The first-order valence-corrected chi connectivity index (χ1v) is 11.8. The smallest absolute Gasteiger partial charge is 0.257 e. The molecular weight excluding hydrogens is 443 g/mol. The van der Waals surface area contributed by atoms with Gasteiger partial charge in [-0.25, -0.2) is 9.07 Å². The summed E-state index contributed by atoms with van der Waals surface area (Å²) >= 11 is 0. The fourth-order valence-corrected chi connectivity index (χ4v) is 4.22. The van der Waals surface area contributed by atoms with Gasteiger partial charge in [-0.2, -0.15) is 5.10 Å². The maximum atomic E-state index is 13.6. The van der Waals surface area contributed by atoms with Gasteiger partial charge in [0, 0.05) is 44.5 Å². The Labute approximate surface area is 204 Å². The fraction of sp³-hybridized carbons (Fsp3) is 0.214. The number of nitrogens with zero attached hydrogens (tertiary/aromatic N) is 4. The SMILES string of the molecule is O=C(c1cn(-c2ccccc2)nc1-c1ccc(F)cc1)N1CCN(CCOc2ccccc2)CC1. The molecule has 0 bridgehead atoms. The van der Waals surface area contributed by atoms with Crippen molar-refractivity contribution in [3.8, 4) is 22.7 Å². The minimum absolute atomic E-state index is 0.0632. The number of rotatable bonds is 7. The Morgan fingerprint density at radius 3 is 2.20 bits per heavy atom. The Bertz CT molecular complexity index is 1250. The van der Waals surface area contributed by atoms with Gasteiger partial charge in [0.1, 0.15) is 23.9 Å². The topological polar surface area (TPSA) is 50.6 Å². The fourth-order valence-electron chi connectivity index (χ4n) is 4.22. The lowest BCUT2D eigenvalue weighted by Gasteiger charge is -2.34. The van der Waals surface area contributed by atoms with Crippen LogP contribution >= 0.6 is 0 Å². The van der Waals surface area contributed by atoms with E-state index in [4.69, 9.17) is 9.84 Å². The highest BCUT2D eigenvalue weighted by molar-refractivity contribution is 6.00. The Morgan fingerprint density at radius 1 is 0.857 bits per heavy atom. The second kappa shape index (κ2) is 10.5. The average Bonchev–Trinajstić information content (AvgIpc) is 3.36. The molecule has 3 aromatic carbocycles. The number of benzene rings is 3. The minimum Gasteiger partial charge on any atom is -0.492 e. The lowest BCUT2D eigenvalue weighted by atomic mass is 10.1. The predicted molar refractivity (Wildman–Crippen MR) is 133 cm³/mol. The third kappa shape index (κ3) is 5.41. The third-order valence-electron chi connectivity index (χ3n) is 6.16. The highest BCUT2D eigenvalue weighted by Gasteiger charge is 2.26. The molecule has 1 aliphatic heterocycles. The predicted octanol–water partition coefficient (Wildman–Crippen LogP) is 4.52. The number of piperazine rings is 1. The average molecular weight is 471 g/mol. The first kappa shape index (κ1) is 22.8. The van der Waals surface area contributed by atoms with Crippen LogP contribution in [0.25, 0.3) is 16.9 Å². The molecule has 0 N–H and O–H groups in total. The second-order valence-corrected chi connectivity index (χ2v) is 8.47. The molecule has 1 saturated heterocycles. The van der Waals surface area contributed by atoms with E-state index < -0.39 is 0 Å². The summed E-state index contributed by atoms with van der Waals surface area (Å²) in [4.78, 5) is 17.7. The van der Waals surface area contributed by atoms with Crippen molar-refractivity contribution in [1.82, 2.24) is 19.6 Å². The van der Waals surface area contributed by atoms with Crippen molar-refractivity contribution in [2.75, 3.05) is 39.3 Å². The van der Waals surface area contributed by atoms with E-state index in [-0.39, 0.29) is 11.7 Å². The van der Waals surface area contributed by atoms with Gasteiger partial charge >= 0.3 is 0 Å². The molecule has 0 saturated carbocycles. The normalized spacial score (nSPS) is 14.1. The number of halogens is 1. The van der Waals surface area contributed by atoms with Gasteiger partial charge in [-0.3, -0.25) is 9.69 Å². The summed E-state index contributed by atoms with van der Waals surface area (Å²) < 4.78 is 21.1. The molecule has 6 nitrogen and oxygen atoms in total. The maximum absolute atomic E-state index is 13.6. The van der Waals surface area contributed by atoms with Crippen LogP contribution < -0.4 is 4.74 Å². The van der Waals surface area contributed by atoms with Crippen molar-refractivity contribution in [2.24, 2.45) is 0 Å². The summed E-state index contributed by atoms with van der Waals surface area (Å²) in [7, 11) is 0. The first-order valence-electron chi connectivity index (χ1n) is 11.8. The lowest BCUT2D eigenvalue weighted by Crippen LogP contribution is -2.49. The highest BCUT2D eigenvalue weighted by atomic mass is 19.1. The van der Waals surface area contributed by atoms with Gasteiger partial charge < -0.3 is 9.64 Å². The van der Waals surface area contributed by atoms with Crippen molar-refractivity contribution in [2.45, 2.75) is 0 Å². The standard InChI is InChI=1S/C28H27FN4O2/c29-23-13-11-22(12-14-23)27-26(21-33(30-27)24-7-3-1-4-8-24)28(34)32-17-15-31(16-18-32)19-20-35-25-9-5-2-6-10-25/h1-14,21H,15-20H2. The van der Waals surface area contributed by atoms with Crippen molar-refractivity contribution < 1.29 is 13.9 Å². The molecule has 1 aliphatic rings. The van der Waals surface area contributed by atoms with Crippen LogP contribution in [0.4, 0.5) is 4.39 Å². The molecule has 1 amide bonds. The Balaban J connectivity index is 1.28. The Kier molecular flexibility index (Phi) is 6.86. The Morgan fingerprint density at radius 2 is 1.51 bits per heavy atom. The van der Waals surface area contributed by atoms with E-state index in [1.807, 2.05) is 65.6 Å². The van der Waals surface area contributed by atoms with Crippen molar-refractivity contribution >= 4 is 5.91 Å². The molecule has 0 aliphatic carbocycles. The molecule has 0 unspecified atom stereocenters. The first-order chi connectivity index (χ1) is 17.2. The summed E-state index contributed by atoms with van der Waals surface area (Å²) in [6, 6.07) is 25.5. The van der Waals surface area contributed by atoms with Crippen LogP contribution in [0, 0.1) is 5.82 Å². The molecule has 7 heteroatoms. The zero-order valence-electron chi connectivity index (χ0n) is 19.4. The van der Waals surface area contributed by atoms with Gasteiger partial charge in [0.05, 0.1) is 11.3 Å². The van der Waals surface area contributed by atoms with E-state index >= 15 is 0 Å². The van der Waals surface area contributed by atoms with E-state index in [1.54, 1.807) is 23.0 Å².